The first-order valence-electron chi connectivity index (χ1n) is 6.79. The van der Waals surface area contributed by atoms with Crippen molar-refractivity contribution >= 4 is 24.4 Å². The van der Waals surface area contributed by atoms with Crippen molar-refractivity contribution in [2.24, 2.45) is 0 Å². The van der Waals surface area contributed by atoms with Gasteiger partial charge in [0.1, 0.15) is 0 Å². The number of aryl methyl sites for hydroxylation is 1. The molecular weight excluding hydrogens is 367 g/mol. The predicted octanol–water partition coefficient (Wildman–Crippen LogP) is 5.88. The van der Waals surface area contributed by atoms with E-state index < -0.39 is 17.0 Å². The third-order valence-electron chi connectivity index (χ3n) is 3.01. The Kier molecular flexibility index (Phi) is 10.1. The maximum atomic E-state index is 10.2. The molecule has 6 heteroatoms. The molecule has 0 aliphatic rings. The molecule has 3 nitrogen and oxygen atoms in total. The summed E-state index contributed by atoms with van der Waals surface area (Å²) in [4.78, 5) is 4.55. The minimum atomic E-state index is -0.556. The van der Waals surface area contributed by atoms with Crippen molar-refractivity contribution in [1.29, 1.82) is 0 Å². The minimum absolute atomic E-state index is 0. The summed E-state index contributed by atoms with van der Waals surface area (Å²) in [6, 6.07) is 13.8. The number of anilines is 1. The van der Waals surface area contributed by atoms with E-state index in [9.17, 15) is 5.21 Å². The molecule has 1 heterocycles. The van der Waals surface area contributed by atoms with Crippen LogP contribution in [0.2, 0.25) is 0 Å². The predicted molar refractivity (Wildman–Crippen MR) is 96.5 cm³/mol. The van der Waals surface area contributed by atoms with Gasteiger partial charge in [-0.2, -0.15) is 0 Å². The Morgan fingerprint density at radius 3 is 2.13 bits per heavy atom. The van der Waals surface area contributed by atoms with E-state index in [1.54, 1.807) is 0 Å². The molecular formula is C17H23Cl2N2OTi-. The van der Waals surface area contributed by atoms with Crippen molar-refractivity contribution in [2.75, 3.05) is 5.06 Å². The fraction of sp³-hybridized carbons (Fsp3) is 0.294. The zero-order valence-corrected chi connectivity index (χ0v) is 17.2. The topological polar surface area (TPSA) is 36.4 Å². The van der Waals surface area contributed by atoms with E-state index in [0.29, 0.717) is 5.82 Å². The summed E-state index contributed by atoms with van der Waals surface area (Å²) in [5, 5.41) is 11.4. The van der Waals surface area contributed by atoms with Gasteiger partial charge in [0, 0.05) is 5.56 Å². The molecule has 0 saturated heterocycles. The Labute approximate surface area is 156 Å². The second-order valence-electron chi connectivity index (χ2n) is 5.75. The molecule has 0 spiro atoms. The average molecular weight is 390 g/mol. The Bertz CT molecular complexity index is 603. The molecule has 0 fully saturated rings. The van der Waals surface area contributed by atoms with Gasteiger partial charge < -0.3 is 7.43 Å². The maximum absolute atomic E-state index is 10.2. The second-order valence-corrected chi connectivity index (χ2v) is 8.33. The Balaban J connectivity index is 0.00000112. The third-order valence-corrected chi connectivity index (χ3v) is 3.01. The van der Waals surface area contributed by atoms with Gasteiger partial charge in [-0.05, 0) is 45.4 Å². The van der Waals surface area contributed by atoms with Crippen LogP contribution in [0.1, 0.15) is 26.3 Å². The molecule has 0 bridgehead atoms. The van der Waals surface area contributed by atoms with Crippen molar-refractivity contribution < 1.29 is 22.2 Å². The molecule has 1 N–H and O–H groups in total. The molecule has 0 atom stereocenters. The number of rotatable bonds is 2. The standard InChI is InChI=1S/C16H20N2O.CH3.2ClH.Ti/c1-12-8-5-6-9-13(12)14-10-7-11-15(17-14)18(19)16(2,3)4;;;;/h5-11,19H,1-4H3;1H3;2*1H;/q;-1;;;+2/p-2. The van der Waals surface area contributed by atoms with Gasteiger partial charge >= 0.3 is 35.6 Å². The second kappa shape index (κ2) is 10.3. The van der Waals surface area contributed by atoms with Crippen LogP contribution in [-0.4, -0.2) is 15.7 Å². The zero-order valence-electron chi connectivity index (χ0n) is 14.1. The molecule has 0 amide bonds. The van der Waals surface area contributed by atoms with Crippen molar-refractivity contribution in [1.82, 2.24) is 4.98 Å². The van der Waals surface area contributed by atoms with Gasteiger partial charge in [0.05, 0.1) is 11.2 Å². The first kappa shape index (κ1) is 22.4. The van der Waals surface area contributed by atoms with Gasteiger partial charge in [-0.15, -0.1) is 0 Å². The number of hydroxylamine groups is 1. The van der Waals surface area contributed by atoms with Crippen molar-refractivity contribution in [3.05, 3.63) is 55.5 Å². The fourth-order valence-electron chi connectivity index (χ4n) is 1.90. The summed E-state index contributed by atoms with van der Waals surface area (Å²) in [6.07, 6.45) is 0. The number of nitrogens with zero attached hydrogens (tertiary/aromatic N) is 2. The van der Waals surface area contributed by atoms with Crippen LogP contribution in [0, 0.1) is 14.4 Å². The van der Waals surface area contributed by atoms with Gasteiger partial charge in [-0.1, -0.05) is 30.3 Å². The van der Waals surface area contributed by atoms with Crippen molar-refractivity contribution in [2.45, 2.75) is 33.2 Å². The molecule has 0 aliphatic heterocycles. The molecule has 126 valence electrons. The SMILES string of the molecule is Cc1ccccc1-c1cccc(N(O)C(C)(C)C)n1.[CH3-].[Cl][Ti][Cl]. The molecule has 2 rings (SSSR count). The summed E-state index contributed by atoms with van der Waals surface area (Å²) >= 11 is -0.556. The van der Waals surface area contributed by atoms with Crippen molar-refractivity contribution in [3.8, 4) is 11.3 Å². The van der Waals surface area contributed by atoms with E-state index in [1.165, 1.54) is 10.6 Å². The third kappa shape index (κ3) is 6.82. The van der Waals surface area contributed by atoms with E-state index in [1.807, 2.05) is 57.2 Å². The van der Waals surface area contributed by atoms with Gasteiger partial charge in [0.15, 0.2) is 5.82 Å². The van der Waals surface area contributed by atoms with Crippen LogP contribution in [0.25, 0.3) is 11.3 Å². The Morgan fingerprint density at radius 2 is 1.61 bits per heavy atom. The number of pyridine rings is 1. The zero-order chi connectivity index (χ0) is 16.8. The fourth-order valence-corrected chi connectivity index (χ4v) is 1.90. The van der Waals surface area contributed by atoms with Gasteiger partial charge in [0.2, 0.25) is 0 Å². The first-order chi connectivity index (χ1) is 10.3. The van der Waals surface area contributed by atoms with E-state index in [-0.39, 0.29) is 13.0 Å². The summed E-state index contributed by atoms with van der Waals surface area (Å²) in [6.45, 7) is 7.88. The molecule has 0 aliphatic carbocycles. The molecule has 1 aromatic carbocycles. The molecule has 0 saturated carbocycles. The molecule has 1 aromatic heterocycles. The van der Waals surface area contributed by atoms with Crippen LogP contribution in [-0.2, 0) is 17.0 Å². The van der Waals surface area contributed by atoms with E-state index in [4.69, 9.17) is 18.6 Å². The summed E-state index contributed by atoms with van der Waals surface area (Å²) in [5.74, 6) is 0.563. The van der Waals surface area contributed by atoms with E-state index in [0.717, 1.165) is 11.3 Å². The van der Waals surface area contributed by atoms with Gasteiger partial charge in [-0.3, -0.25) is 5.21 Å². The molecule has 2 aromatic rings. The summed E-state index contributed by atoms with van der Waals surface area (Å²) < 4.78 is 0. The van der Waals surface area contributed by atoms with Gasteiger partial charge in [-0.25, -0.2) is 10.0 Å². The normalized spacial score (nSPS) is 10.0. The molecule has 0 radical (unpaired) electrons. The monoisotopic (exact) mass is 389 g/mol. The molecule has 0 unspecified atom stereocenters. The van der Waals surface area contributed by atoms with Crippen LogP contribution in [0.3, 0.4) is 0 Å². The van der Waals surface area contributed by atoms with Gasteiger partial charge in [0.25, 0.3) is 0 Å². The van der Waals surface area contributed by atoms with Crippen LogP contribution in [0.5, 0.6) is 0 Å². The van der Waals surface area contributed by atoms with Crippen LogP contribution < -0.4 is 5.06 Å². The number of benzene rings is 1. The number of hydrogen-bond donors (Lipinski definition) is 1. The van der Waals surface area contributed by atoms with Crippen LogP contribution >= 0.6 is 18.6 Å². The number of halogens is 2. The Morgan fingerprint density at radius 1 is 1.04 bits per heavy atom. The van der Waals surface area contributed by atoms with E-state index in [2.05, 4.69) is 18.0 Å². The van der Waals surface area contributed by atoms with E-state index >= 15 is 0 Å². The van der Waals surface area contributed by atoms with Crippen LogP contribution in [0.15, 0.2) is 42.5 Å². The van der Waals surface area contributed by atoms with Crippen LogP contribution in [0.4, 0.5) is 5.82 Å². The first-order valence-corrected chi connectivity index (χ1v) is 11.1. The number of aromatic nitrogens is 1. The summed E-state index contributed by atoms with van der Waals surface area (Å²) in [7, 11) is 9.78. The molecule has 23 heavy (non-hydrogen) atoms. The Hall–Kier alpha value is -0.576. The quantitative estimate of drug-likeness (QED) is 0.395. The van der Waals surface area contributed by atoms with Crippen molar-refractivity contribution in [3.63, 3.8) is 0 Å². The average Bonchev–Trinajstić information content (AvgIpc) is 2.47. The summed E-state index contributed by atoms with van der Waals surface area (Å²) in [5.41, 5.74) is 2.76. The number of hydrogen-bond acceptors (Lipinski definition) is 3.